The van der Waals surface area contributed by atoms with Gasteiger partial charge >= 0.3 is 6.18 Å². The molecule has 0 aromatic heterocycles. The number of hydrogen-bond donors (Lipinski definition) is 0. The van der Waals surface area contributed by atoms with Crippen LogP contribution in [0.2, 0.25) is 0 Å². The highest BCUT2D eigenvalue weighted by atomic mass is 79.9. The van der Waals surface area contributed by atoms with Gasteiger partial charge in [-0.1, -0.05) is 50.1 Å². The lowest BCUT2D eigenvalue weighted by Crippen LogP contribution is -2.15. The van der Waals surface area contributed by atoms with Gasteiger partial charge in [0.05, 0.1) is 19.1 Å². The Morgan fingerprint density at radius 3 is 2.41 bits per heavy atom. The second kappa shape index (κ2) is 6.75. The van der Waals surface area contributed by atoms with Crippen LogP contribution in [0.4, 0.5) is 13.2 Å². The van der Waals surface area contributed by atoms with Crippen LogP contribution in [-0.2, 0) is 4.74 Å². The molecular weight excluding hydrogens is 365 g/mol. The molecule has 96 valence electrons. The van der Waals surface area contributed by atoms with Crippen LogP contribution < -0.4 is 0 Å². The average Bonchev–Trinajstić information content (AvgIpc) is 2.24. The first kappa shape index (κ1) is 15.0. The summed E-state index contributed by atoms with van der Waals surface area (Å²) < 4.78 is 42.0. The average molecular weight is 376 g/mol. The number of alkyl halides is 4. The van der Waals surface area contributed by atoms with Crippen LogP contribution in [-0.4, -0.2) is 18.1 Å². The number of rotatable bonds is 5. The van der Waals surface area contributed by atoms with Gasteiger partial charge in [-0.05, 0) is 11.6 Å². The van der Waals surface area contributed by atoms with Crippen LogP contribution in [0.15, 0.2) is 28.7 Å². The van der Waals surface area contributed by atoms with Gasteiger partial charge in [0.1, 0.15) is 0 Å². The molecule has 0 aliphatic rings. The van der Waals surface area contributed by atoms with E-state index in [-0.39, 0.29) is 12.7 Å². The summed E-state index contributed by atoms with van der Waals surface area (Å²) in [5.74, 6) is 0. The Morgan fingerprint density at radius 1 is 1.24 bits per heavy atom. The molecule has 0 N–H and O–H groups in total. The van der Waals surface area contributed by atoms with Crippen molar-refractivity contribution >= 4 is 31.9 Å². The van der Waals surface area contributed by atoms with Crippen molar-refractivity contribution in [1.29, 1.82) is 0 Å². The van der Waals surface area contributed by atoms with Gasteiger partial charge in [-0.2, -0.15) is 13.2 Å². The van der Waals surface area contributed by atoms with Crippen LogP contribution in [0.5, 0.6) is 0 Å². The van der Waals surface area contributed by atoms with E-state index in [4.69, 9.17) is 4.74 Å². The molecule has 0 aliphatic carbocycles. The van der Waals surface area contributed by atoms with Crippen molar-refractivity contribution in [2.24, 2.45) is 0 Å². The predicted molar refractivity (Wildman–Crippen MR) is 67.3 cm³/mol. The molecule has 0 radical (unpaired) electrons. The molecule has 1 atom stereocenters. The van der Waals surface area contributed by atoms with Gasteiger partial charge in [0, 0.05) is 9.80 Å². The molecule has 0 amide bonds. The molecule has 1 unspecified atom stereocenters. The summed E-state index contributed by atoms with van der Waals surface area (Å²) in [6, 6.07) is 7.32. The molecule has 0 saturated carbocycles. The third kappa shape index (κ3) is 5.40. The molecule has 0 spiro atoms. The van der Waals surface area contributed by atoms with Crippen LogP contribution in [0, 0.1) is 0 Å². The number of benzene rings is 1. The first-order valence-electron chi connectivity index (χ1n) is 4.93. The SMILES string of the molecule is FC(F)(F)CCOC(CBr)c1ccccc1Br. The summed E-state index contributed by atoms with van der Waals surface area (Å²) in [5, 5.41) is 0.452. The topological polar surface area (TPSA) is 9.23 Å². The second-order valence-electron chi connectivity index (χ2n) is 3.40. The van der Waals surface area contributed by atoms with E-state index in [0.717, 1.165) is 10.0 Å². The minimum absolute atomic E-state index is 0.332. The van der Waals surface area contributed by atoms with Crippen molar-refractivity contribution in [2.45, 2.75) is 18.7 Å². The zero-order valence-electron chi connectivity index (χ0n) is 8.81. The Kier molecular flexibility index (Phi) is 5.95. The van der Waals surface area contributed by atoms with Gasteiger partial charge in [-0.25, -0.2) is 0 Å². The minimum atomic E-state index is -4.18. The van der Waals surface area contributed by atoms with Crippen molar-refractivity contribution in [2.75, 3.05) is 11.9 Å². The highest BCUT2D eigenvalue weighted by Gasteiger charge is 2.27. The van der Waals surface area contributed by atoms with Crippen LogP contribution >= 0.6 is 31.9 Å². The standard InChI is InChI=1S/C11H11Br2F3O/c12-7-10(17-6-5-11(14,15)16)8-3-1-2-4-9(8)13/h1-4,10H,5-7H2. The van der Waals surface area contributed by atoms with E-state index in [0.29, 0.717) is 5.33 Å². The van der Waals surface area contributed by atoms with E-state index in [1.54, 1.807) is 0 Å². The molecule has 1 rings (SSSR count). The maximum Gasteiger partial charge on any atom is 0.391 e. The van der Waals surface area contributed by atoms with Crippen molar-refractivity contribution in [3.63, 3.8) is 0 Å². The Bertz CT molecular complexity index is 355. The molecule has 0 saturated heterocycles. The third-order valence-corrected chi connectivity index (χ3v) is 3.41. The van der Waals surface area contributed by atoms with Gasteiger partial charge < -0.3 is 4.74 Å². The fourth-order valence-electron chi connectivity index (χ4n) is 1.27. The van der Waals surface area contributed by atoms with E-state index >= 15 is 0 Å². The largest absolute Gasteiger partial charge is 0.391 e. The van der Waals surface area contributed by atoms with E-state index in [1.165, 1.54) is 0 Å². The zero-order chi connectivity index (χ0) is 12.9. The molecule has 1 nitrogen and oxygen atoms in total. The number of halogens is 5. The molecule has 0 heterocycles. The first-order chi connectivity index (χ1) is 7.94. The lowest BCUT2D eigenvalue weighted by molar-refractivity contribution is -0.148. The van der Waals surface area contributed by atoms with Gasteiger partial charge in [0.25, 0.3) is 0 Å². The van der Waals surface area contributed by atoms with E-state index in [2.05, 4.69) is 31.9 Å². The van der Waals surface area contributed by atoms with Crippen molar-refractivity contribution < 1.29 is 17.9 Å². The van der Waals surface area contributed by atoms with Crippen LogP contribution in [0.25, 0.3) is 0 Å². The Labute approximate surface area is 115 Å². The Hall–Kier alpha value is -0.0700. The molecule has 0 aliphatic heterocycles. The van der Waals surface area contributed by atoms with Gasteiger partial charge in [0.15, 0.2) is 0 Å². The smallest absolute Gasteiger partial charge is 0.372 e. The number of hydrogen-bond acceptors (Lipinski definition) is 1. The fraction of sp³-hybridized carbons (Fsp3) is 0.455. The minimum Gasteiger partial charge on any atom is -0.372 e. The molecule has 6 heteroatoms. The molecule has 0 bridgehead atoms. The van der Waals surface area contributed by atoms with Crippen molar-refractivity contribution in [3.05, 3.63) is 34.3 Å². The van der Waals surface area contributed by atoms with Crippen LogP contribution in [0.1, 0.15) is 18.1 Å². The monoisotopic (exact) mass is 374 g/mol. The van der Waals surface area contributed by atoms with Crippen molar-refractivity contribution in [3.8, 4) is 0 Å². The molecular formula is C11H11Br2F3O. The maximum absolute atomic E-state index is 12.0. The lowest BCUT2D eigenvalue weighted by Gasteiger charge is -2.17. The Morgan fingerprint density at radius 2 is 1.88 bits per heavy atom. The first-order valence-corrected chi connectivity index (χ1v) is 6.84. The third-order valence-electron chi connectivity index (χ3n) is 2.10. The van der Waals surface area contributed by atoms with Gasteiger partial charge in [-0.3, -0.25) is 0 Å². The summed E-state index contributed by atoms with van der Waals surface area (Å²) in [7, 11) is 0. The molecule has 17 heavy (non-hydrogen) atoms. The van der Waals surface area contributed by atoms with E-state index in [1.807, 2.05) is 24.3 Å². The van der Waals surface area contributed by atoms with E-state index < -0.39 is 12.6 Å². The highest BCUT2D eigenvalue weighted by Crippen LogP contribution is 2.28. The number of ether oxygens (including phenoxy) is 1. The summed E-state index contributed by atoms with van der Waals surface area (Å²) in [4.78, 5) is 0. The normalized spacial score (nSPS) is 13.7. The molecule has 0 fully saturated rings. The summed E-state index contributed by atoms with van der Waals surface area (Å²) in [5.41, 5.74) is 0.839. The summed E-state index contributed by atoms with van der Waals surface area (Å²) in [6.07, 6.45) is -5.49. The predicted octanol–water partition coefficient (Wildman–Crippen LogP) is 4.85. The van der Waals surface area contributed by atoms with E-state index in [9.17, 15) is 13.2 Å². The Balaban J connectivity index is 2.58. The fourth-order valence-corrected chi connectivity index (χ4v) is 2.35. The molecule has 1 aromatic rings. The van der Waals surface area contributed by atoms with Gasteiger partial charge in [-0.15, -0.1) is 0 Å². The summed E-state index contributed by atoms with van der Waals surface area (Å²) in [6.45, 7) is -0.332. The maximum atomic E-state index is 12.0. The quantitative estimate of drug-likeness (QED) is 0.668. The zero-order valence-corrected chi connectivity index (χ0v) is 12.0. The van der Waals surface area contributed by atoms with Crippen LogP contribution in [0.3, 0.4) is 0 Å². The highest BCUT2D eigenvalue weighted by molar-refractivity contribution is 9.10. The lowest BCUT2D eigenvalue weighted by atomic mass is 10.1. The summed E-state index contributed by atoms with van der Waals surface area (Å²) >= 11 is 6.59. The second-order valence-corrected chi connectivity index (χ2v) is 4.90. The van der Waals surface area contributed by atoms with Gasteiger partial charge in [0.2, 0.25) is 0 Å². The van der Waals surface area contributed by atoms with Crippen molar-refractivity contribution in [1.82, 2.24) is 0 Å². The molecule has 1 aromatic carbocycles.